The highest BCUT2D eigenvalue weighted by atomic mass is 32.1. The summed E-state index contributed by atoms with van der Waals surface area (Å²) in [6.45, 7) is 4.05. The van der Waals surface area contributed by atoms with E-state index in [9.17, 15) is 0 Å². The van der Waals surface area contributed by atoms with Gasteiger partial charge in [0.1, 0.15) is 64.4 Å². The van der Waals surface area contributed by atoms with E-state index >= 15 is 0 Å². The second-order valence-corrected chi connectivity index (χ2v) is 22.1. The topological polar surface area (TPSA) is 305 Å². The van der Waals surface area contributed by atoms with Crippen LogP contribution in [0.4, 0.5) is 40.5 Å². The molecule has 15 rings (SSSR count). The van der Waals surface area contributed by atoms with Crippen LogP contribution in [0.2, 0.25) is 0 Å². The number of thiazole rings is 1. The van der Waals surface area contributed by atoms with Crippen LogP contribution in [-0.2, 0) is 0 Å². The number of benzene rings is 4. The molecule has 432 valence electrons. The molecule has 0 aliphatic heterocycles. The molecule has 0 amide bonds. The van der Waals surface area contributed by atoms with Gasteiger partial charge < -0.3 is 49.1 Å². The average Bonchev–Trinajstić information content (AvgIpc) is 1.85. The van der Waals surface area contributed by atoms with Crippen molar-refractivity contribution in [2.45, 2.75) is 13.8 Å². The molecule has 0 saturated carbocycles. The normalized spacial score (nSPS) is 11.5. The zero-order chi connectivity index (χ0) is 59.6. The maximum absolute atomic E-state index is 6.49. The molecule has 15 aromatic rings. The number of nitrogens with one attached hydrogen (secondary N) is 6. The Bertz CT molecular complexity index is 5120. The number of thiophene rings is 1. The monoisotopic (exact) mass is 1200 g/mol. The number of aromatic nitrogens is 13. The minimum absolute atomic E-state index is 0.0233. The molecule has 4 aromatic carbocycles. The van der Waals surface area contributed by atoms with Crippen molar-refractivity contribution in [1.29, 1.82) is 0 Å². The van der Waals surface area contributed by atoms with Crippen LogP contribution in [0.1, 0.15) is 10.6 Å². The molecule has 88 heavy (non-hydrogen) atoms. The van der Waals surface area contributed by atoms with Crippen LogP contribution in [0.3, 0.4) is 0 Å². The van der Waals surface area contributed by atoms with Crippen molar-refractivity contribution in [2.24, 2.45) is 0 Å². The highest BCUT2D eigenvalue weighted by Crippen LogP contribution is 2.49. The Kier molecular flexibility index (Phi) is 13.1. The number of methoxy groups -OCH3 is 3. The summed E-state index contributed by atoms with van der Waals surface area (Å²) < 4.78 is 37.0. The molecule has 0 aliphatic rings. The van der Waals surface area contributed by atoms with Crippen molar-refractivity contribution in [3.63, 3.8) is 0 Å². The van der Waals surface area contributed by atoms with E-state index in [1.165, 1.54) is 24.0 Å². The van der Waals surface area contributed by atoms with Gasteiger partial charge in [-0.1, -0.05) is 36.4 Å². The maximum atomic E-state index is 6.49. The number of fused-ring (bicyclic) bond motifs is 3. The number of ether oxygens (including phenoxy) is 3. The number of aryl methyl sites for hydroxylation is 2. The van der Waals surface area contributed by atoms with Crippen LogP contribution in [-0.4, -0.2) is 86.8 Å². The highest BCUT2D eigenvalue weighted by Gasteiger charge is 2.29. The SMILES string of the molecule is COc1cc(-c2coc(-c3n[nH]c4ncnc(Nc5cc(-c6csc(C)n6)cc(-c6ccoc6-c6n[nH]c7nc(N)nc(Nc8cc(-c9ccccc9)ccc8OC)c67)c5OC)c34)c2)c(-c2sccc2C)cc1Nc1ncnc2[nH]nc(-c3ccco3)c12. The minimum Gasteiger partial charge on any atom is -0.495 e. The molecule has 25 heteroatoms. The van der Waals surface area contributed by atoms with Gasteiger partial charge in [-0.3, -0.25) is 15.3 Å². The van der Waals surface area contributed by atoms with Gasteiger partial charge in [0.25, 0.3) is 0 Å². The van der Waals surface area contributed by atoms with E-state index < -0.39 is 0 Å². The number of nitrogen functional groups attached to an aromatic ring is 1. The lowest BCUT2D eigenvalue weighted by atomic mass is 9.97. The second kappa shape index (κ2) is 21.7. The first-order valence-electron chi connectivity index (χ1n) is 27.2. The van der Waals surface area contributed by atoms with Gasteiger partial charge in [-0.15, -0.1) is 22.7 Å². The van der Waals surface area contributed by atoms with Crippen molar-refractivity contribution in [1.82, 2.24) is 65.5 Å². The highest BCUT2D eigenvalue weighted by molar-refractivity contribution is 7.13. The van der Waals surface area contributed by atoms with E-state index in [0.29, 0.717) is 130 Å². The summed E-state index contributed by atoms with van der Waals surface area (Å²) in [6, 6.07) is 33.5. The van der Waals surface area contributed by atoms with Crippen molar-refractivity contribution < 1.29 is 27.5 Å². The molecule has 0 bridgehead atoms. The first-order valence-corrected chi connectivity index (χ1v) is 29.0. The van der Waals surface area contributed by atoms with Gasteiger partial charge >= 0.3 is 0 Å². The number of H-pyrrole nitrogens is 3. The van der Waals surface area contributed by atoms with Gasteiger partial charge in [0, 0.05) is 38.1 Å². The lowest BCUT2D eigenvalue weighted by Gasteiger charge is -2.17. The summed E-state index contributed by atoms with van der Waals surface area (Å²) in [4.78, 5) is 33.7. The van der Waals surface area contributed by atoms with Crippen LogP contribution >= 0.6 is 22.7 Å². The summed E-state index contributed by atoms with van der Waals surface area (Å²) in [7, 11) is 4.84. The third-order valence-corrected chi connectivity index (χ3v) is 16.8. The van der Waals surface area contributed by atoms with Gasteiger partial charge in [0.05, 0.1) is 84.0 Å². The Morgan fingerprint density at radius 1 is 0.511 bits per heavy atom. The van der Waals surface area contributed by atoms with E-state index in [0.717, 1.165) is 54.5 Å². The molecule has 0 unspecified atom stereocenters. The summed E-state index contributed by atoms with van der Waals surface area (Å²) in [5.41, 5.74) is 19.4. The van der Waals surface area contributed by atoms with Gasteiger partial charge in [0.2, 0.25) is 5.95 Å². The molecule has 0 saturated heterocycles. The largest absolute Gasteiger partial charge is 0.495 e. The van der Waals surface area contributed by atoms with Crippen LogP contribution in [0.15, 0.2) is 159 Å². The molecule has 0 fully saturated rings. The summed E-state index contributed by atoms with van der Waals surface area (Å²) in [6.07, 6.45) is 7.83. The van der Waals surface area contributed by atoms with Gasteiger partial charge in [-0.2, -0.15) is 25.3 Å². The number of rotatable bonds is 17. The molecule has 0 spiro atoms. The first-order chi connectivity index (χ1) is 43.2. The van der Waals surface area contributed by atoms with Crippen LogP contribution in [0.25, 0.3) is 123 Å². The predicted octanol–water partition coefficient (Wildman–Crippen LogP) is 14.8. The Morgan fingerprint density at radius 3 is 1.94 bits per heavy atom. The average molecular weight is 1200 g/mol. The van der Waals surface area contributed by atoms with Gasteiger partial charge in [-0.05, 0) is 108 Å². The Hall–Kier alpha value is -11.7. The van der Waals surface area contributed by atoms with E-state index in [1.807, 2.05) is 97.2 Å². The molecule has 0 aliphatic carbocycles. The fourth-order valence-electron chi connectivity index (χ4n) is 10.9. The molecule has 11 aromatic heterocycles. The Morgan fingerprint density at radius 2 is 1.23 bits per heavy atom. The number of hydrogen-bond donors (Lipinski definition) is 7. The van der Waals surface area contributed by atoms with Crippen LogP contribution in [0.5, 0.6) is 17.2 Å². The molecule has 8 N–H and O–H groups in total. The Balaban J connectivity index is 0.810. The number of hydrogen-bond acceptors (Lipinski definition) is 22. The molecular formula is C63H47N17O6S2. The molecule has 23 nitrogen and oxygen atoms in total. The summed E-state index contributed by atoms with van der Waals surface area (Å²) >= 11 is 3.16. The van der Waals surface area contributed by atoms with Crippen molar-refractivity contribution in [3.05, 3.63) is 156 Å². The summed E-state index contributed by atoms with van der Waals surface area (Å²) in [5, 5.41) is 40.6. The van der Waals surface area contributed by atoms with Crippen molar-refractivity contribution in [3.8, 4) is 107 Å². The third kappa shape index (κ3) is 9.29. The predicted molar refractivity (Wildman–Crippen MR) is 339 cm³/mol. The zero-order valence-electron chi connectivity index (χ0n) is 47.2. The second-order valence-electron chi connectivity index (χ2n) is 20.1. The van der Waals surface area contributed by atoms with E-state index in [1.54, 1.807) is 57.5 Å². The zero-order valence-corrected chi connectivity index (χ0v) is 48.8. The van der Waals surface area contributed by atoms with Crippen molar-refractivity contribution >= 4 is 96.2 Å². The number of anilines is 7. The van der Waals surface area contributed by atoms with E-state index in [-0.39, 0.29) is 5.95 Å². The molecule has 11 heterocycles. The van der Waals surface area contributed by atoms with Gasteiger partial charge in [0.15, 0.2) is 34.2 Å². The number of nitrogens with zero attached hydrogens (tertiary/aromatic N) is 10. The first kappa shape index (κ1) is 53.1. The number of aromatic amines is 3. The third-order valence-electron chi connectivity index (χ3n) is 14.9. The standard InChI is InChI=1S/C63H47N17O6S2/c1-30-16-19-87-56(30)39-24-41(70-57-48-51(45-12-9-17-84-45)75-78-59(48)67-28-65-57)46(82-4)25-37(39)35-23-47(86-26-35)52-49-58(66-29-68-60(49)79-76-52)72-42-22-34(43-27-88-31(2)69-43)20-38(54(42)83-5)36-15-18-85-55(36)53-50-61(73-63(64)74-62(50)80-77-53)71-40-21-33(13-14-44(40)81-3)32-10-7-6-8-11-32/h6-29H,1-5H3,(H2,65,67,70,75,78)(H2,66,68,72,76,79)(H4,64,71,73,74,77,80). The smallest absolute Gasteiger partial charge is 0.224 e. The lowest BCUT2D eigenvalue weighted by molar-refractivity contribution is 0.417. The molecule has 0 atom stereocenters. The molecular weight excluding hydrogens is 1150 g/mol. The number of nitrogens with two attached hydrogens (primary N) is 1. The Labute approximate surface area is 506 Å². The van der Waals surface area contributed by atoms with Crippen LogP contribution in [0, 0.1) is 13.8 Å². The molecule has 0 radical (unpaired) electrons. The fourth-order valence-corrected chi connectivity index (χ4v) is 12.5. The van der Waals surface area contributed by atoms with Crippen molar-refractivity contribution in [2.75, 3.05) is 43.0 Å². The van der Waals surface area contributed by atoms with E-state index in [4.69, 9.17) is 58.3 Å². The van der Waals surface area contributed by atoms with Gasteiger partial charge in [-0.25, -0.2) is 24.9 Å². The summed E-state index contributed by atoms with van der Waals surface area (Å²) in [5.74, 6) is 4.28. The fraction of sp³-hybridized carbons (Fsp3) is 0.0794. The maximum Gasteiger partial charge on any atom is 0.224 e. The minimum atomic E-state index is 0.0233. The number of furan rings is 3. The van der Waals surface area contributed by atoms with Crippen LogP contribution < -0.4 is 35.9 Å². The van der Waals surface area contributed by atoms with E-state index in [2.05, 4.69) is 80.7 Å². The lowest BCUT2D eigenvalue weighted by Crippen LogP contribution is -2.03. The quantitative estimate of drug-likeness (QED) is 0.0445.